The van der Waals surface area contributed by atoms with E-state index in [1.807, 2.05) is 0 Å². The van der Waals surface area contributed by atoms with E-state index >= 15 is 0 Å². The fourth-order valence-corrected chi connectivity index (χ4v) is 6.90. The molecule has 164 valence electrons. The van der Waals surface area contributed by atoms with E-state index in [1.165, 1.54) is 12.1 Å². The van der Waals surface area contributed by atoms with Gasteiger partial charge < -0.3 is 5.32 Å². The second-order valence-electron chi connectivity index (χ2n) is 8.04. The molecule has 2 fully saturated rings. The zero-order valence-corrected chi connectivity index (χ0v) is 17.9. The first-order valence-electron chi connectivity index (χ1n) is 9.76. The predicted molar refractivity (Wildman–Crippen MR) is 111 cm³/mol. The summed E-state index contributed by atoms with van der Waals surface area (Å²) >= 11 is 6.17. The van der Waals surface area contributed by atoms with Crippen molar-refractivity contribution in [3.05, 3.63) is 70.5 Å². The molecule has 4 rings (SSSR count). The van der Waals surface area contributed by atoms with Gasteiger partial charge in [0, 0.05) is 23.4 Å². The van der Waals surface area contributed by atoms with Crippen molar-refractivity contribution in [2.75, 3.05) is 5.32 Å². The van der Waals surface area contributed by atoms with Crippen LogP contribution < -0.4 is 5.32 Å². The largest absolute Gasteiger partial charge is 0.322 e. The Balaban J connectivity index is 1.61. The molecule has 3 atom stereocenters. The van der Waals surface area contributed by atoms with Gasteiger partial charge in [0.15, 0.2) is 27.3 Å². The van der Waals surface area contributed by atoms with Gasteiger partial charge in [0.25, 0.3) is 5.91 Å². The molecule has 9 heteroatoms. The van der Waals surface area contributed by atoms with Crippen LogP contribution in [0.15, 0.2) is 47.4 Å². The predicted octanol–water partition coefficient (Wildman–Crippen LogP) is 5.53. The molecule has 2 aliphatic carbocycles. The Bertz CT molecular complexity index is 1160. The van der Waals surface area contributed by atoms with Gasteiger partial charge in [-0.25, -0.2) is 21.6 Å². The Morgan fingerprint density at radius 3 is 2.19 bits per heavy atom. The average Bonchev–Trinajstić information content (AvgIpc) is 2.91. The Morgan fingerprint density at radius 1 is 1.03 bits per heavy atom. The number of carbonyl (C=O) groups is 1. The summed E-state index contributed by atoms with van der Waals surface area (Å²) < 4.78 is 66.5. The number of sulfone groups is 1. The summed E-state index contributed by atoms with van der Waals surface area (Å²) in [4.78, 5) is 12.4. The summed E-state index contributed by atoms with van der Waals surface area (Å²) in [5.41, 5.74) is 0.754. The van der Waals surface area contributed by atoms with E-state index in [-0.39, 0.29) is 33.0 Å². The molecule has 0 radical (unpaired) electrons. The fourth-order valence-electron chi connectivity index (χ4n) is 4.50. The molecule has 2 bridgehead atoms. The second kappa shape index (κ2) is 7.98. The maximum Gasteiger partial charge on any atom is 0.255 e. The van der Waals surface area contributed by atoms with Crippen LogP contribution in [-0.2, 0) is 9.84 Å². The zero-order valence-electron chi connectivity index (χ0n) is 16.3. The molecule has 0 aromatic heterocycles. The third-order valence-corrected chi connectivity index (χ3v) is 8.84. The van der Waals surface area contributed by atoms with Crippen LogP contribution >= 0.6 is 11.6 Å². The van der Waals surface area contributed by atoms with Crippen molar-refractivity contribution in [1.82, 2.24) is 0 Å². The lowest BCUT2D eigenvalue weighted by Gasteiger charge is -2.29. The number of carbonyl (C=O) groups excluding carboxylic acids is 1. The third kappa shape index (κ3) is 3.99. The fraction of sp³-hybridized carbons (Fsp3) is 0.318. The number of allylic oxidation sites excluding steroid dienone is 1. The SMILES string of the molecule is C=C1C2CC[C@H]1C[C@@H](S(=O)(=O)c1cc(C(=O)Nc3cc(F)c(F)c(F)c3)ccc1Cl)C2. The standard InChI is InChI=1S/C22H19ClF3NO3S/c1-11-12-2-3-13(11)7-16(6-12)31(29,30)20-8-14(4-5-17(20)23)22(28)27-15-9-18(24)21(26)19(25)10-15/h4-5,8-10,12-13,16H,1-3,6-7H2,(H,27,28)/t12-,13?,16+/m0/s1. The maximum atomic E-state index is 13.4. The van der Waals surface area contributed by atoms with Gasteiger partial charge in [-0.2, -0.15) is 0 Å². The molecular formula is C22H19ClF3NO3S. The van der Waals surface area contributed by atoms with Gasteiger partial charge in [-0.05, 0) is 55.7 Å². The maximum absolute atomic E-state index is 13.4. The highest BCUT2D eigenvalue weighted by molar-refractivity contribution is 7.92. The molecule has 2 aromatic carbocycles. The van der Waals surface area contributed by atoms with Crippen molar-refractivity contribution in [3.8, 4) is 0 Å². The van der Waals surface area contributed by atoms with Crippen LogP contribution in [0, 0.1) is 29.3 Å². The van der Waals surface area contributed by atoms with E-state index in [2.05, 4.69) is 11.9 Å². The molecule has 0 aliphatic heterocycles. The molecule has 0 saturated heterocycles. The van der Waals surface area contributed by atoms with Crippen LogP contribution in [0.1, 0.15) is 36.0 Å². The normalized spacial score (nSPS) is 23.1. The highest BCUT2D eigenvalue weighted by Gasteiger charge is 2.43. The van der Waals surface area contributed by atoms with Gasteiger partial charge in [0.05, 0.1) is 15.2 Å². The Labute approximate surface area is 183 Å². The zero-order chi connectivity index (χ0) is 22.5. The number of halogens is 4. The molecule has 31 heavy (non-hydrogen) atoms. The van der Waals surface area contributed by atoms with Gasteiger partial charge in [-0.15, -0.1) is 0 Å². The molecule has 0 spiro atoms. The van der Waals surface area contributed by atoms with E-state index in [1.54, 1.807) is 0 Å². The minimum atomic E-state index is -3.81. The van der Waals surface area contributed by atoms with Crippen molar-refractivity contribution in [3.63, 3.8) is 0 Å². The Morgan fingerprint density at radius 2 is 1.61 bits per heavy atom. The number of rotatable bonds is 4. The number of nitrogens with one attached hydrogen (secondary N) is 1. The molecule has 0 heterocycles. The van der Waals surface area contributed by atoms with Crippen LogP contribution in [0.5, 0.6) is 0 Å². The van der Waals surface area contributed by atoms with Crippen LogP contribution in [0.25, 0.3) is 0 Å². The van der Waals surface area contributed by atoms with Crippen molar-refractivity contribution in [2.24, 2.45) is 11.8 Å². The molecule has 1 N–H and O–H groups in total. The van der Waals surface area contributed by atoms with E-state index in [9.17, 15) is 26.4 Å². The topological polar surface area (TPSA) is 63.2 Å². The molecule has 2 saturated carbocycles. The van der Waals surface area contributed by atoms with Crippen LogP contribution in [-0.4, -0.2) is 19.6 Å². The first-order valence-corrected chi connectivity index (χ1v) is 11.7. The molecule has 1 unspecified atom stereocenters. The number of fused-ring (bicyclic) bond motifs is 2. The van der Waals surface area contributed by atoms with Crippen molar-refractivity contribution in [1.29, 1.82) is 0 Å². The minimum absolute atomic E-state index is 0.00725. The molecule has 1 amide bonds. The summed E-state index contributed by atoms with van der Waals surface area (Å²) in [5.74, 6) is -5.02. The van der Waals surface area contributed by atoms with E-state index in [0.29, 0.717) is 25.0 Å². The van der Waals surface area contributed by atoms with Crippen LogP contribution in [0.2, 0.25) is 5.02 Å². The van der Waals surface area contributed by atoms with Crippen LogP contribution in [0.4, 0.5) is 18.9 Å². The third-order valence-electron chi connectivity index (χ3n) is 6.19. The highest BCUT2D eigenvalue weighted by atomic mass is 35.5. The Kier molecular flexibility index (Phi) is 5.64. The van der Waals surface area contributed by atoms with E-state index in [4.69, 9.17) is 11.6 Å². The molecule has 4 nitrogen and oxygen atoms in total. The van der Waals surface area contributed by atoms with Crippen molar-refractivity contribution < 1.29 is 26.4 Å². The molecule has 2 aromatic rings. The smallest absolute Gasteiger partial charge is 0.255 e. The molecule has 2 aliphatic rings. The lowest BCUT2D eigenvalue weighted by molar-refractivity contribution is 0.102. The first kappa shape index (κ1) is 21.9. The second-order valence-corrected chi connectivity index (χ2v) is 10.6. The number of hydrogen-bond donors (Lipinski definition) is 1. The van der Waals surface area contributed by atoms with Gasteiger partial charge in [-0.1, -0.05) is 23.8 Å². The summed E-state index contributed by atoms with van der Waals surface area (Å²) in [5, 5.41) is 1.61. The Hall–Kier alpha value is -2.32. The average molecular weight is 470 g/mol. The number of hydrogen-bond acceptors (Lipinski definition) is 3. The summed E-state index contributed by atoms with van der Waals surface area (Å²) in [6.07, 6.45) is 2.80. The van der Waals surface area contributed by atoms with Gasteiger partial charge in [0.2, 0.25) is 0 Å². The lowest BCUT2D eigenvalue weighted by atomic mass is 9.85. The molecular weight excluding hydrogens is 451 g/mol. The van der Waals surface area contributed by atoms with E-state index < -0.39 is 38.4 Å². The van der Waals surface area contributed by atoms with Crippen LogP contribution in [0.3, 0.4) is 0 Å². The first-order chi connectivity index (χ1) is 14.6. The van der Waals surface area contributed by atoms with Crippen molar-refractivity contribution in [2.45, 2.75) is 35.8 Å². The van der Waals surface area contributed by atoms with E-state index in [0.717, 1.165) is 24.5 Å². The summed E-state index contributed by atoms with van der Waals surface area (Å²) in [7, 11) is -3.81. The summed E-state index contributed by atoms with van der Waals surface area (Å²) in [6.45, 7) is 4.09. The van der Waals surface area contributed by atoms with Crippen molar-refractivity contribution >= 4 is 33.0 Å². The van der Waals surface area contributed by atoms with Gasteiger partial charge in [0.1, 0.15) is 0 Å². The highest BCUT2D eigenvalue weighted by Crippen LogP contribution is 2.48. The summed E-state index contributed by atoms with van der Waals surface area (Å²) in [6, 6.07) is 5.03. The van der Waals surface area contributed by atoms with Gasteiger partial charge in [-0.3, -0.25) is 4.79 Å². The van der Waals surface area contributed by atoms with Gasteiger partial charge >= 0.3 is 0 Å². The number of benzene rings is 2. The number of anilines is 1. The lowest BCUT2D eigenvalue weighted by Crippen LogP contribution is -2.30. The number of amides is 1. The minimum Gasteiger partial charge on any atom is -0.322 e. The quantitative estimate of drug-likeness (QED) is 0.473. The monoisotopic (exact) mass is 469 g/mol.